The highest BCUT2D eigenvalue weighted by molar-refractivity contribution is 7.89. The molecule has 2 rings (SSSR count). The number of hydrogen-bond acceptors (Lipinski definition) is 5. The molecule has 7 nitrogen and oxygen atoms in total. The number of carbonyl (C=O) groups excluding carboxylic acids is 2. The number of primary amides is 1. The average molecular weight is 444 g/mol. The molecule has 0 aliphatic heterocycles. The van der Waals surface area contributed by atoms with Gasteiger partial charge < -0.3 is 11.1 Å². The lowest BCUT2D eigenvalue weighted by Crippen LogP contribution is -2.31. The zero-order chi connectivity index (χ0) is 21.2. The van der Waals surface area contributed by atoms with E-state index >= 15 is 0 Å². The van der Waals surface area contributed by atoms with E-state index in [1.165, 1.54) is 33.8 Å². The summed E-state index contributed by atoms with van der Waals surface area (Å²) in [5.74, 6) is -1.20. The molecule has 0 saturated heterocycles. The van der Waals surface area contributed by atoms with Gasteiger partial charge in [-0.05, 0) is 37.6 Å². The van der Waals surface area contributed by atoms with E-state index in [0.717, 1.165) is 4.88 Å². The maximum absolute atomic E-state index is 12.8. The fraction of sp³-hybridized carbons (Fsp3) is 0.333. The van der Waals surface area contributed by atoms with Gasteiger partial charge in [0.1, 0.15) is 9.90 Å². The monoisotopic (exact) mass is 443 g/mol. The Bertz CT molecular complexity index is 1030. The summed E-state index contributed by atoms with van der Waals surface area (Å²) in [6, 6.07) is 4.03. The molecular formula is C18H22ClN3O4S2. The van der Waals surface area contributed by atoms with Crippen LogP contribution >= 0.6 is 22.9 Å². The minimum absolute atomic E-state index is 0.0316. The Balaban J connectivity index is 2.44. The lowest BCUT2D eigenvalue weighted by Gasteiger charge is -2.19. The molecule has 2 aromatic rings. The molecule has 0 aliphatic carbocycles. The number of rotatable bonds is 7. The molecule has 28 heavy (non-hydrogen) atoms. The summed E-state index contributed by atoms with van der Waals surface area (Å²) in [7, 11) is -3.84. The average Bonchev–Trinajstić information content (AvgIpc) is 2.89. The number of anilines is 1. The van der Waals surface area contributed by atoms with Gasteiger partial charge in [-0.25, -0.2) is 8.42 Å². The highest BCUT2D eigenvalue weighted by Crippen LogP contribution is 2.33. The fourth-order valence-corrected chi connectivity index (χ4v) is 5.75. The SMILES string of the molecule is CCN(CC)S(=O)(=O)c1cc(C(=O)Nc2sc(C)c(C)c2C(N)=O)ccc1Cl. The highest BCUT2D eigenvalue weighted by Gasteiger charge is 2.26. The summed E-state index contributed by atoms with van der Waals surface area (Å²) >= 11 is 7.33. The Morgan fingerprint density at radius 2 is 1.82 bits per heavy atom. The van der Waals surface area contributed by atoms with Gasteiger partial charge >= 0.3 is 0 Å². The Kier molecular flexibility index (Phi) is 6.87. The smallest absolute Gasteiger partial charge is 0.256 e. The Morgan fingerprint density at radius 3 is 2.36 bits per heavy atom. The fourth-order valence-electron chi connectivity index (χ4n) is 2.73. The van der Waals surface area contributed by atoms with Gasteiger partial charge in [-0.1, -0.05) is 25.4 Å². The van der Waals surface area contributed by atoms with E-state index in [2.05, 4.69) is 5.32 Å². The second kappa shape index (κ2) is 8.60. The van der Waals surface area contributed by atoms with Gasteiger partial charge in [-0.15, -0.1) is 11.3 Å². The third-order valence-electron chi connectivity index (χ3n) is 4.38. The third-order valence-corrected chi connectivity index (χ3v) is 8.03. The van der Waals surface area contributed by atoms with Gasteiger partial charge in [-0.3, -0.25) is 9.59 Å². The standard InChI is InChI=1S/C18H22ClN3O4S2/c1-5-22(6-2)28(25,26)14-9-12(7-8-13(14)19)17(24)21-18-15(16(20)23)10(3)11(4)27-18/h7-9H,5-6H2,1-4H3,(H2,20,23)(H,21,24). The molecule has 3 N–H and O–H groups in total. The van der Waals surface area contributed by atoms with Crippen LogP contribution in [0.5, 0.6) is 0 Å². The number of carbonyl (C=O) groups is 2. The lowest BCUT2D eigenvalue weighted by atomic mass is 10.1. The van der Waals surface area contributed by atoms with Crippen molar-refractivity contribution in [3.63, 3.8) is 0 Å². The lowest BCUT2D eigenvalue weighted by molar-refractivity contribution is 0.100. The topological polar surface area (TPSA) is 110 Å². The van der Waals surface area contributed by atoms with E-state index in [1.807, 2.05) is 6.92 Å². The molecule has 0 bridgehead atoms. The van der Waals surface area contributed by atoms with Crippen LogP contribution in [-0.4, -0.2) is 37.6 Å². The van der Waals surface area contributed by atoms with Crippen LogP contribution in [0.25, 0.3) is 0 Å². The Labute approximate surface area is 173 Å². The summed E-state index contributed by atoms with van der Waals surface area (Å²) in [5, 5.41) is 3.01. The first-order valence-electron chi connectivity index (χ1n) is 8.55. The van der Waals surface area contributed by atoms with Crippen molar-refractivity contribution < 1.29 is 18.0 Å². The molecule has 0 atom stereocenters. The summed E-state index contributed by atoms with van der Waals surface area (Å²) < 4.78 is 26.8. The number of amides is 2. The number of hydrogen-bond donors (Lipinski definition) is 2. The molecule has 1 heterocycles. The van der Waals surface area contributed by atoms with Crippen LogP contribution in [0, 0.1) is 13.8 Å². The van der Waals surface area contributed by atoms with Crippen molar-refractivity contribution in [1.82, 2.24) is 4.31 Å². The molecule has 0 saturated carbocycles. The molecule has 152 valence electrons. The van der Waals surface area contributed by atoms with Crippen molar-refractivity contribution in [3.05, 3.63) is 44.8 Å². The van der Waals surface area contributed by atoms with Crippen LogP contribution < -0.4 is 11.1 Å². The highest BCUT2D eigenvalue weighted by atomic mass is 35.5. The second-order valence-electron chi connectivity index (χ2n) is 6.04. The van der Waals surface area contributed by atoms with Crippen molar-refractivity contribution in [2.75, 3.05) is 18.4 Å². The molecule has 0 spiro atoms. The number of aryl methyl sites for hydroxylation is 1. The van der Waals surface area contributed by atoms with Crippen molar-refractivity contribution in [3.8, 4) is 0 Å². The Morgan fingerprint density at radius 1 is 1.21 bits per heavy atom. The van der Waals surface area contributed by atoms with Crippen LogP contribution in [0.4, 0.5) is 5.00 Å². The number of nitrogens with one attached hydrogen (secondary N) is 1. The minimum atomic E-state index is -3.84. The van der Waals surface area contributed by atoms with E-state index in [9.17, 15) is 18.0 Å². The number of nitrogens with two attached hydrogens (primary N) is 1. The van der Waals surface area contributed by atoms with Crippen LogP contribution in [-0.2, 0) is 10.0 Å². The Hall–Kier alpha value is -1.94. The number of benzene rings is 1. The molecule has 0 aliphatic rings. The van der Waals surface area contributed by atoms with Crippen LogP contribution in [0.2, 0.25) is 5.02 Å². The number of nitrogens with zero attached hydrogens (tertiary/aromatic N) is 1. The molecule has 2 amide bonds. The number of thiophene rings is 1. The summed E-state index contributed by atoms with van der Waals surface area (Å²) in [6.45, 7) is 7.57. The van der Waals surface area contributed by atoms with Crippen molar-refractivity contribution in [2.45, 2.75) is 32.6 Å². The summed E-state index contributed by atoms with van der Waals surface area (Å²) in [5.41, 5.74) is 6.48. The first-order valence-corrected chi connectivity index (χ1v) is 11.2. The maximum atomic E-state index is 12.8. The largest absolute Gasteiger partial charge is 0.365 e. The van der Waals surface area contributed by atoms with E-state index in [4.69, 9.17) is 17.3 Å². The van der Waals surface area contributed by atoms with E-state index in [-0.39, 0.29) is 34.1 Å². The van der Waals surface area contributed by atoms with Gasteiger partial charge in [-0.2, -0.15) is 4.31 Å². The van der Waals surface area contributed by atoms with Crippen LogP contribution in [0.15, 0.2) is 23.1 Å². The quantitative estimate of drug-likeness (QED) is 0.683. The zero-order valence-corrected chi connectivity index (χ0v) is 18.4. The predicted molar refractivity (Wildman–Crippen MR) is 112 cm³/mol. The molecular weight excluding hydrogens is 422 g/mol. The predicted octanol–water partition coefficient (Wildman–Crippen LogP) is 3.40. The summed E-state index contributed by atoms with van der Waals surface area (Å²) in [4.78, 5) is 25.1. The molecule has 0 unspecified atom stereocenters. The first-order chi connectivity index (χ1) is 13.0. The van der Waals surface area contributed by atoms with Crippen LogP contribution in [0.3, 0.4) is 0 Å². The number of sulfonamides is 1. The third kappa shape index (κ3) is 4.22. The van der Waals surface area contributed by atoms with Gasteiger partial charge in [0.15, 0.2) is 0 Å². The van der Waals surface area contributed by atoms with Crippen molar-refractivity contribution in [2.24, 2.45) is 5.73 Å². The normalized spacial score (nSPS) is 11.6. The van der Waals surface area contributed by atoms with E-state index in [1.54, 1.807) is 20.8 Å². The second-order valence-corrected chi connectivity index (χ2v) is 9.58. The number of halogens is 1. The van der Waals surface area contributed by atoms with Crippen molar-refractivity contribution >= 4 is 49.8 Å². The molecule has 10 heteroatoms. The molecule has 1 aromatic heterocycles. The molecule has 0 fully saturated rings. The zero-order valence-electron chi connectivity index (χ0n) is 16.0. The van der Waals surface area contributed by atoms with Crippen molar-refractivity contribution in [1.29, 1.82) is 0 Å². The van der Waals surface area contributed by atoms with E-state index < -0.39 is 21.8 Å². The maximum Gasteiger partial charge on any atom is 0.256 e. The van der Waals surface area contributed by atoms with E-state index in [0.29, 0.717) is 10.6 Å². The molecule has 0 radical (unpaired) electrons. The van der Waals surface area contributed by atoms with Gasteiger partial charge in [0, 0.05) is 23.5 Å². The first kappa shape index (κ1) is 22.4. The van der Waals surface area contributed by atoms with Gasteiger partial charge in [0.05, 0.1) is 10.6 Å². The van der Waals surface area contributed by atoms with Gasteiger partial charge in [0.2, 0.25) is 10.0 Å². The molecule has 1 aromatic carbocycles. The summed E-state index contributed by atoms with van der Waals surface area (Å²) in [6.07, 6.45) is 0. The van der Waals surface area contributed by atoms with Crippen LogP contribution in [0.1, 0.15) is 45.0 Å². The van der Waals surface area contributed by atoms with Gasteiger partial charge in [0.25, 0.3) is 11.8 Å². The minimum Gasteiger partial charge on any atom is -0.365 e.